The molecule has 1 aromatic carbocycles. The lowest BCUT2D eigenvalue weighted by Crippen LogP contribution is -2.46. The van der Waals surface area contributed by atoms with Gasteiger partial charge in [-0.1, -0.05) is 12.1 Å². The summed E-state index contributed by atoms with van der Waals surface area (Å²) < 4.78 is 5.42. The molecular weight excluding hydrogens is 478 g/mol. The molecule has 0 spiro atoms. The number of carbonyl (C=O) groups excluding carboxylic acids is 3. The number of aliphatic imine (C=N–C) groups is 1. The molecule has 1 saturated heterocycles. The summed E-state index contributed by atoms with van der Waals surface area (Å²) >= 11 is 1.71. The van der Waals surface area contributed by atoms with Crippen molar-refractivity contribution in [1.82, 2.24) is 20.1 Å². The third-order valence-electron chi connectivity index (χ3n) is 6.35. The van der Waals surface area contributed by atoms with Gasteiger partial charge in [0.05, 0.1) is 23.9 Å². The average Bonchev–Trinajstić information content (AvgIpc) is 3.35. The van der Waals surface area contributed by atoms with E-state index in [0.29, 0.717) is 29.9 Å². The number of morpholine rings is 1. The molecule has 1 fully saturated rings. The van der Waals surface area contributed by atoms with Crippen molar-refractivity contribution in [3.05, 3.63) is 45.4 Å². The maximum atomic E-state index is 12.3. The number of thiazole rings is 1. The fraction of sp³-hybridized carbons (Fsp3) is 0.500. The lowest BCUT2D eigenvalue weighted by atomic mass is 10.0. The summed E-state index contributed by atoms with van der Waals surface area (Å²) in [6, 6.07) is 5.11. The number of carbonyl (C=O) groups is 3. The van der Waals surface area contributed by atoms with Crippen LogP contribution in [-0.4, -0.2) is 85.5 Å². The second kappa shape index (κ2) is 14.0. The minimum atomic E-state index is -0.525. The Hall–Kier alpha value is -2.95. The molecule has 0 saturated carbocycles. The van der Waals surface area contributed by atoms with E-state index in [2.05, 4.69) is 20.2 Å². The molecule has 10 heteroatoms. The van der Waals surface area contributed by atoms with E-state index in [1.54, 1.807) is 43.3 Å². The Morgan fingerprint density at radius 2 is 2.08 bits per heavy atom. The van der Waals surface area contributed by atoms with Crippen molar-refractivity contribution in [2.45, 2.75) is 45.2 Å². The molecule has 36 heavy (non-hydrogen) atoms. The van der Waals surface area contributed by atoms with Gasteiger partial charge in [-0.05, 0) is 31.4 Å². The van der Waals surface area contributed by atoms with E-state index in [-0.39, 0.29) is 12.3 Å². The van der Waals surface area contributed by atoms with Crippen LogP contribution >= 0.6 is 11.3 Å². The first-order valence-electron chi connectivity index (χ1n) is 12.2. The molecule has 1 amide bonds. The van der Waals surface area contributed by atoms with Crippen LogP contribution in [0.5, 0.6) is 0 Å². The Kier molecular flexibility index (Phi) is 10.7. The molecule has 2 aromatic rings. The molecule has 1 atom stereocenters. The normalized spacial score (nSPS) is 15.4. The van der Waals surface area contributed by atoms with Gasteiger partial charge in [0, 0.05) is 63.2 Å². The SMILES string of the molecule is CNC(=O)C(CCC=O)N(C)C(C)=Nc1cccc(CCc2ncc(CN3CCOCC3)s2)c1C=O. The number of ether oxygens (including phenoxy) is 1. The lowest BCUT2D eigenvalue weighted by Gasteiger charge is -2.28. The van der Waals surface area contributed by atoms with E-state index in [9.17, 15) is 14.4 Å². The van der Waals surface area contributed by atoms with Crippen LogP contribution in [0, 0.1) is 0 Å². The minimum absolute atomic E-state index is 0.185. The van der Waals surface area contributed by atoms with Gasteiger partial charge in [-0.15, -0.1) is 11.3 Å². The largest absolute Gasteiger partial charge is 0.379 e. The first-order chi connectivity index (χ1) is 17.5. The van der Waals surface area contributed by atoms with Gasteiger partial charge in [0.25, 0.3) is 0 Å². The number of benzene rings is 1. The topological polar surface area (TPSA) is 104 Å². The molecule has 194 valence electrons. The molecule has 1 unspecified atom stereocenters. The number of amides is 1. The van der Waals surface area contributed by atoms with Gasteiger partial charge in [0.1, 0.15) is 18.2 Å². The summed E-state index contributed by atoms with van der Waals surface area (Å²) in [6.45, 7) is 6.13. The van der Waals surface area contributed by atoms with Crippen molar-refractivity contribution in [2.75, 3.05) is 40.4 Å². The summed E-state index contributed by atoms with van der Waals surface area (Å²) in [4.78, 5) is 49.9. The van der Waals surface area contributed by atoms with E-state index >= 15 is 0 Å². The summed E-state index contributed by atoms with van der Waals surface area (Å²) in [5.74, 6) is 0.400. The van der Waals surface area contributed by atoms with Crippen LogP contribution in [0.1, 0.15) is 45.6 Å². The number of aryl methyl sites for hydroxylation is 2. The zero-order valence-corrected chi connectivity index (χ0v) is 22.1. The van der Waals surface area contributed by atoms with Gasteiger partial charge in [-0.2, -0.15) is 0 Å². The Labute approximate surface area is 216 Å². The van der Waals surface area contributed by atoms with Crippen molar-refractivity contribution in [1.29, 1.82) is 0 Å². The molecule has 9 nitrogen and oxygen atoms in total. The van der Waals surface area contributed by atoms with Crippen molar-refractivity contribution < 1.29 is 19.1 Å². The highest BCUT2D eigenvalue weighted by atomic mass is 32.1. The van der Waals surface area contributed by atoms with Crippen LogP contribution in [0.4, 0.5) is 5.69 Å². The van der Waals surface area contributed by atoms with Crippen molar-refractivity contribution >= 4 is 41.3 Å². The highest BCUT2D eigenvalue weighted by Crippen LogP contribution is 2.25. The lowest BCUT2D eigenvalue weighted by molar-refractivity contribution is -0.124. The van der Waals surface area contributed by atoms with Gasteiger partial charge in [-0.3, -0.25) is 14.5 Å². The van der Waals surface area contributed by atoms with E-state index in [0.717, 1.165) is 62.4 Å². The maximum Gasteiger partial charge on any atom is 0.242 e. The van der Waals surface area contributed by atoms with Gasteiger partial charge in [0.2, 0.25) is 5.91 Å². The number of aromatic nitrogens is 1. The van der Waals surface area contributed by atoms with Crippen LogP contribution in [0.2, 0.25) is 0 Å². The zero-order valence-electron chi connectivity index (χ0n) is 21.2. The number of hydrogen-bond acceptors (Lipinski definition) is 8. The smallest absolute Gasteiger partial charge is 0.242 e. The quantitative estimate of drug-likeness (QED) is 0.264. The molecule has 1 aliphatic heterocycles. The number of amidine groups is 1. The third-order valence-corrected chi connectivity index (χ3v) is 7.39. The second-order valence-corrected chi connectivity index (χ2v) is 9.92. The van der Waals surface area contributed by atoms with Gasteiger partial charge < -0.3 is 19.7 Å². The Morgan fingerprint density at radius 1 is 1.31 bits per heavy atom. The van der Waals surface area contributed by atoms with E-state index < -0.39 is 6.04 Å². The summed E-state index contributed by atoms with van der Waals surface area (Å²) in [5, 5.41) is 3.69. The van der Waals surface area contributed by atoms with Crippen molar-refractivity contribution in [3.63, 3.8) is 0 Å². The Bertz CT molecular complexity index is 1060. The first-order valence-corrected chi connectivity index (χ1v) is 13.0. The fourth-order valence-corrected chi connectivity index (χ4v) is 5.15. The number of likely N-dealkylation sites (N-methyl/N-ethyl adjacent to an activating group) is 2. The predicted molar refractivity (Wildman–Crippen MR) is 141 cm³/mol. The van der Waals surface area contributed by atoms with E-state index in [4.69, 9.17) is 4.74 Å². The molecule has 0 radical (unpaired) electrons. The Balaban J connectivity index is 1.70. The highest BCUT2D eigenvalue weighted by molar-refractivity contribution is 7.11. The number of nitrogens with zero attached hydrogens (tertiary/aromatic N) is 4. The van der Waals surface area contributed by atoms with Crippen LogP contribution < -0.4 is 5.32 Å². The molecular formula is C26H35N5O4S. The maximum absolute atomic E-state index is 12.3. The monoisotopic (exact) mass is 513 g/mol. The van der Waals surface area contributed by atoms with E-state index in [1.165, 1.54) is 4.88 Å². The predicted octanol–water partition coefficient (Wildman–Crippen LogP) is 2.65. The van der Waals surface area contributed by atoms with Crippen molar-refractivity contribution in [2.24, 2.45) is 4.99 Å². The number of rotatable bonds is 12. The summed E-state index contributed by atoms with van der Waals surface area (Å²) in [6.07, 6.45) is 5.67. The zero-order chi connectivity index (χ0) is 25.9. The molecule has 2 heterocycles. The van der Waals surface area contributed by atoms with Crippen molar-refractivity contribution in [3.8, 4) is 0 Å². The van der Waals surface area contributed by atoms with Gasteiger partial charge in [0.15, 0.2) is 6.29 Å². The van der Waals surface area contributed by atoms with Gasteiger partial charge >= 0.3 is 0 Å². The molecule has 1 aromatic heterocycles. The number of nitrogens with one attached hydrogen (secondary N) is 1. The molecule has 3 rings (SSSR count). The third kappa shape index (κ3) is 7.52. The first kappa shape index (κ1) is 27.6. The van der Waals surface area contributed by atoms with E-state index in [1.807, 2.05) is 18.3 Å². The van der Waals surface area contributed by atoms with Gasteiger partial charge in [-0.25, -0.2) is 9.98 Å². The van der Waals surface area contributed by atoms with Crippen LogP contribution in [0.3, 0.4) is 0 Å². The molecule has 0 aliphatic carbocycles. The number of hydrogen-bond donors (Lipinski definition) is 1. The molecule has 1 aliphatic rings. The minimum Gasteiger partial charge on any atom is -0.379 e. The van der Waals surface area contributed by atoms with Crippen LogP contribution in [-0.2, 0) is 33.7 Å². The molecule has 0 bridgehead atoms. The highest BCUT2D eigenvalue weighted by Gasteiger charge is 2.23. The van der Waals surface area contributed by atoms with Crippen LogP contribution in [0.25, 0.3) is 0 Å². The van der Waals surface area contributed by atoms with Crippen LogP contribution in [0.15, 0.2) is 29.4 Å². The average molecular weight is 514 g/mol. The second-order valence-electron chi connectivity index (χ2n) is 8.72. The summed E-state index contributed by atoms with van der Waals surface area (Å²) in [5.41, 5.74) is 2.01. The number of aldehydes is 2. The Morgan fingerprint density at radius 3 is 2.78 bits per heavy atom. The summed E-state index contributed by atoms with van der Waals surface area (Å²) in [7, 11) is 3.34. The fourth-order valence-electron chi connectivity index (χ4n) is 4.18. The standard InChI is InChI=1S/C26H35N5O4S/c1-19(30(3)24(8-5-13-32)26(34)27-2)29-23-7-4-6-20(22(23)18-33)9-10-25-28-16-21(36-25)17-31-11-14-35-15-12-31/h4,6-7,13,16,18,24H,5,8-12,14-15,17H2,1-3H3,(H,27,34). The molecule has 1 N–H and O–H groups in total.